The van der Waals surface area contributed by atoms with E-state index in [0.717, 1.165) is 16.9 Å². The van der Waals surface area contributed by atoms with E-state index in [1.807, 2.05) is 54.6 Å². The molecule has 0 radical (unpaired) electrons. The van der Waals surface area contributed by atoms with Crippen LogP contribution in [0.25, 0.3) is 0 Å². The Hall–Kier alpha value is -3.36. The predicted octanol–water partition coefficient (Wildman–Crippen LogP) is 3.43. The van der Waals surface area contributed by atoms with Gasteiger partial charge in [-0.15, -0.1) is 0 Å². The fourth-order valence-corrected chi connectivity index (χ4v) is 4.20. The number of hydrogen-bond donors (Lipinski definition) is 2. The Morgan fingerprint density at radius 1 is 0.906 bits per heavy atom. The van der Waals surface area contributed by atoms with Crippen molar-refractivity contribution in [1.29, 1.82) is 0 Å². The number of carbonyl (C=O) groups is 1. The SMILES string of the molecule is COc1ccc(CNC(=O)COc2ccc(S(=O)(=O)N[C@@H](C)c3ccccc3)cc2)cc1. The Labute approximate surface area is 188 Å². The molecule has 0 spiro atoms. The van der Waals surface area contributed by atoms with Gasteiger partial charge in [0.05, 0.1) is 12.0 Å². The van der Waals surface area contributed by atoms with E-state index in [1.165, 1.54) is 24.3 Å². The van der Waals surface area contributed by atoms with Crippen molar-refractivity contribution in [3.8, 4) is 11.5 Å². The molecule has 7 nitrogen and oxygen atoms in total. The molecule has 0 bridgehead atoms. The third-order valence-corrected chi connectivity index (χ3v) is 6.34. The molecule has 8 heteroatoms. The summed E-state index contributed by atoms with van der Waals surface area (Å²) >= 11 is 0. The Morgan fingerprint density at radius 3 is 2.16 bits per heavy atom. The van der Waals surface area contributed by atoms with Crippen LogP contribution in [0.3, 0.4) is 0 Å². The number of hydrogen-bond acceptors (Lipinski definition) is 5. The van der Waals surface area contributed by atoms with Crippen molar-refractivity contribution >= 4 is 15.9 Å². The molecule has 3 aromatic rings. The van der Waals surface area contributed by atoms with E-state index >= 15 is 0 Å². The first-order chi connectivity index (χ1) is 15.4. The lowest BCUT2D eigenvalue weighted by atomic mass is 10.1. The summed E-state index contributed by atoms with van der Waals surface area (Å²) in [5, 5.41) is 2.77. The predicted molar refractivity (Wildman–Crippen MR) is 122 cm³/mol. The highest BCUT2D eigenvalue weighted by Gasteiger charge is 2.18. The molecule has 0 aliphatic carbocycles. The van der Waals surface area contributed by atoms with Gasteiger partial charge in [0.25, 0.3) is 5.91 Å². The van der Waals surface area contributed by atoms with Crippen LogP contribution in [0.1, 0.15) is 24.1 Å². The van der Waals surface area contributed by atoms with Crippen LogP contribution < -0.4 is 19.5 Å². The van der Waals surface area contributed by atoms with Crippen molar-refractivity contribution in [2.45, 2.75) is 24.4 Å². The van der Waals surface area contributed by atoms with Crippen LogP contribution in [0.15, 0.2) is 83.8 Å². The Bertz CT molecular complexity index is 1120. The van der Waals surface area contributed by atoms with Crippen LogP contribution in [0.5, 0.6) is 11.5 Å². The zero-order valence-corrected chi connectivity index (χ0v) is 18.8. The third kappa shape index (κ3) is 6.57. The van der Waals surface area contributed by atoms with Crippen molar-refractivity contribution in [3.05, 3.63) is 90.0 Å². The molecule has 2 N–H and O–H groups in total. The second kappa shape index (κ2) is 10.8. The van der Waals surface area contributed by atoms with Crippen LogP contribution in [0.2, 0.25) is 0 Å². The maximum absolute atomic E-state index is 12.6. The molecule has 0 saturated carbocycles. The second-order valence-electron chi connectivity index (χ2n) is 7.14. The minimum Gasteiger partial charge on any atom is -0.497 e. The maximum Gasteiger partial charge on any atom is 0.258 e. The summed E-state index contributed by atoms with van der Waals surface area (Å²) in [4.78, 5) is 12.2. The first-order valence-corrected chi connectivity index (χ1v) is 11.6. The average Bonchev–Trinajstić information content (AvgIpc) is 2.82. The summed E-state index contributed by atoms with van der Waals surface area (Å²) in [5.41, 5.74) is 1.81. The van der Waals surface area contributed by atoms with Gasteiger partial charge in [-0.3, -0.25) is 4.79 Å². The lowest BCUT2D eigenvalue weighted by molar-refractivity contribution is -0.123. The van der Waals surface area contributed by atoms with Crippen molar-refractivity contribution in [3.63, 3.8) is 0 Å². The van der Waals surface area contributed by atoms with Crippen molar-refractivity contribution < 1.29 is 22.7 Å². The highest BCUT2D eigenvalue weighted by molar-refractivity contribution is 7.89. The van der Waals surface area contributed by atoms with Gasteiger partial charge in [-0.25, -0.2) is 13.1 Å². The van der Waals surface area contributed by atoms with E-state index in [1.54, 1.807) is 14.0 Å². The summed E-state index contributed by atoms with van der Waals surface area (Å²) in [5.74, 6) is 0.870. The summed E-state index contributed by atoms with van der Waals surface area (Å²) in [6.45, 7) is 1.98. The van der Waals surface area contributed by atoms with Crippen LogP contribution in [-0.4, -0.2) is 28.0 Å². The molecule has 168 valence electrons. The first kappa shape index (κ1) is 23.3. The summed E-state index contributed by atoms with van der Waals surface area (Å²) < 4.78 is 38.5. The van der Waals surface area contributed by atoms with Gasteiger partial charge in [-0.2, -0.15) is 0 Å². The normalized spacial score (nSPS) is 12.1. The molecule has 0 unspecified atom stereocenters. The number of methoxy groups -OCH3 is 1. The van der Waals surface area contributed by atoms with Gasteiger partial charge in [-0.05, 0) is 54.4 Å². The maximum atomic E-state index is 12.6. The number of carbonyl (C=O) groups excluding carboxylic acids is 1. The standard InChI is InChI=1S/C24H26N2O5S/c1-18(20-6-4-3-5-7-20)26-32(28,29)23-14-12-22(13-15-23)31-17-24(27)25-16-19-8-10-21(30-2)11-9-19/h3-15,18,26H,16-17H2,1-2H3,(H,25,27)/t18-/m0/s1. The molecular weight excluding hydrogens is 428 g/mol. The Kier molecular flexibility index (Phi) is 7.86. The molecule has 0 saturated heterocycles. The number of ether oxygens (including phenoxy) is 2. The highest BCUT2D eigenvalue weighted by Crippen LogP contribution is 2.19. The van der Waals surface area contributed by atoms with Crippen LogP contribution >= 0.6 is 0 Å². The topological polar surface area (TPSA) is 93.7 Å². The first-order valence-electron chi connectivity index (χ1n) is 10.1. The molecule has 1 atom stereocenters. The van der Waals surface area contributed by atoms with Gasteiger partial charge in [0.2, 0.25) is 10.0 Å². The summed E-state index contributed by atoms with van der Waals surface area (Å²) in [6, 6.07) is 22.3. The van der Waals surface area contributed by atoms with Crippen LogP contribution in [0, 0.1) is 0 Å². The molecule has 0 fully saturated rings. The number of benzene rings is 3. The average molecular weight is 455 g/mol. The Balaban J connectivity index is 1.49. The van der Waals surface area contributed by atoms with Gasteiger partial charge in [-0.1, -0.05) is 42.5 Å². The minimum absolute atomic E-state index is 0.122. The molecule has 0 aromatic heterocycles. The van der Waals surface area contributed by atoms with E-state index in [4.69, 9.17) is 9.47 Å². The van der Waals surface area contributed by atoms with E-state index in [2.05, 4.69) is 10.0 Å². The molecule has 0 heterocycles. The monoisotopic (exact) mass is 454 g/mol. The number of rotatable bonds is 10. The van der Waals surface area contributed by atoms with E-state index in [9.17, 15) is 13.2 Å². The van der Waals surface area contributed by atoms with Crippen molar-refractivity contribution in [2.75, 3.05) is 13.7 Å². The lowest BCUT2D eigenvalue weighted by Crippen LogP contribution is -2.28. The van der Waals surface area contributed by atoms with Crippen LogP contribution in [0.4, 0.5) is 0 Å². The molecule has 32 heavy (non-hydrogen) atoms. The van der Waals surface area contributed by atoms with Gasteiger partial charge in [0, 0.05) is 12.6 Å². The lowest BCUT2D eigenvalue weighted by Gasteiger charge is -2.15. The number of amides is 1. The quantitative estimate of drug-likeness (QED) is 0.490. The molecule has 3 rings (SSSR count). The minimum atomic E-state index is -3.69. The van der Waals surface area contributed by atoms with Crippen molar-refractivity contribution in [1.82, 2.24) is 10.0 Å². The third-order valence-electron chi connectivity index (χ3n) is 4.78. The largest absolute Gasteiger partial charge is 0.497 e. The number of sulfonamides is 1. The fraction of sp³-hybridized carbons (Fsp3) is 0.208. The van der Waals surface area contributed by atoms with Gasteiger partial charge in [0.1, 0.15) is 11.5 Å². The zero-order valence-electron chi connectivity index (χ0n) is 17.9. The number of nitrogens with one attached hydrogen (secondary N) is 2. The molecular formula is C24H26N2O5S. The van der Waals surface area contributed by atoms with Gasteiger partial charge < -0.3 is 14.8 Å². The highest BCUT2D eigenvalue weighted by atomic mass is 32.2. The summed E-state index contributed by atoms with van der Waals surface area (Å²) in [6.07, 6.45) is 0. The smallest absolute Gasteiger partial charge is 0.258 e. The van der Waals surface area contributed by atoms with E-state index < -0.39 is 10.0 Å². The van der Waals surface area contributed by atoms with Crippen molar-refractivity contribution in [2.24, 2.45) is 0 Å². The zero-order chi connectivity index (χ0) is 23.0. The molecule has 0 aliphatic rings. The van der Waals surface area contributed by atoms with E-state index in [-0.39, 0.29) is 23.5 Å². The summed E-state index contributed by atoms with van der Waals surface area (Å²) in [7, 11) is -2.10. The van der Waals surface area contributed by atoms with Crippen LogP contribution in [-0.2, 0) is 21.4 Å². The van der Waals surface area contributed by atoms with E-state index in [0.29, 0.717) is 12.3 Å². The molecule has 1 amide bonds. The van der Waals surface area contributed by atoms with Gasteiger partial charge >= 0.3 is 0 Å². The molecule has 3 aromatic carbocycles. The van der Waals surface area contributed by atoms with Gasteiger partial charge in [0.15, 0.2) is 6.61 Å². The molecule has 0 aliphatic heterocycles. The fourth-order valence-electron chi connectivity index (χ4n) is 2.97. The Morgan fingerprint density at radius 2 is 1.53 bits per heavy atom. The second-order valence-corrected chi connectivity index (χ2v) is 8.85.